The first-order valence-corrected chi connectivity index (χ1v) is 36.7. The van der Waals surface area contributed by atoms with Gasteiger partial charge >= 0.3 is 18.3 Å². The number of nitriles is 3. The Kier molecular flexibility index (Phi) is 30.3. The van der Waals surface area contributed by atoms with Gasteiger partial charge in [-0.1, -0.05) is 38.5 Å². The van der Waals surface area contributed by atoms with Crippen molar-refractivity contribution in [2.75, 3.05) is 41.8 Å². The van der Waals surface area contributed by atoms with Crippen LogP contribution in [0.25, 0.3) is 0 Å². The lowest BCUT2D eigenvalue weighted by Gasteiger charge is -2.24. The first-order valence-electron chi connectivity index (χ1n) is 35.6. The molecule has 0 spiro atoms. The lowest BCUT2D eigenvalue weighted by Crippen LogP contribution is -2.43. The fourth-order valence-corrected chi connectivity index (χ4v) is 12.1. The first kappa shape index (κ1) is 84.2. The van der Waals surface area contributed by atoms with E-state index >= 15 is 0 Å². The summed E-state index contributed by atoms with van der Waals surface area (Å²) in [7, 11) is 0. The number of pyridine rings is 3. The molecule has 6 aliphatic rings. The number of carbonyl (C=O) groups excluding carboxylic acids is 9. The second-order valence-corrected chi connectivity index (χ2v) is 30.8. The molecule has 3 saturated heterocycles. The summed E-state index contributed by atoms with van der Waals surface area (Å²) < 4.78 is 29.9. The Morgan fingerprint density at radius 1 is 0.457 bits per heavy atom. The van der Waals surface area contributed by atoms with E-state index in [0.717, 1.165) is 38.5 Å². The molecule has 3 aromatic heterocycles. The van der Waals surface area contributed by atoms with Crippen LogP contribution >= 0.6 is 12.1 Å². The quantitative estimate of drug-likeness (QED) is 0.0380. The van der Waals surface area contributed by atoms with E-state index in [9.17, 15) is 77.2 Å². The van der Waals surface area contributed by atoms with Gasteiger partial charge in [-0.15, -0.1) is 0 Å². The molecule has 9 N–H and O–H groups in total. The van der Waals surface area contributed by atoms with E-state index in [1.54, 1.807) is 101 Å². The zero-order chi connectivity index (χ0) is 77.8. The van der Waals surface area contributed by atoms with E-state index in [2.05, 4.69) is 66.1 Å². The van der Waals surface area contributed by atoms with Crippen LogP contribution in [-0.2, 0) is 43.0 Å². The molecule has 30 nitrogen and oxygen atoms in total. The third-order valence-corrected chi connectivity index (χ3v) is 18.0. The van der Waals surface area contributed by atoms with Gasteiger partial charge in [0.25, 0.3) is 16.7 Å². The van der Waals surface area contributed by atoms with E-state index in [-0.39, 0.29) is 83.9 Å². The highest BCUT2D eigenvalue weighted by molar-refractivity contribution is 7.93. The summed E-state index contributed by atoms with van der Waals surface area (Å²) in [4.78, 5) is 152. The molecule has 0 aromatic carbocycles. The molecule has 3 aromatic rings. The summed E-state index contributed by atoms with van der Waals surface area (Å²) in [6, 6.07) is 6.12. The van der Waals surface area contributed by atoms with Gasteiger partial charge in [-0.05, 0) is 194 Å². The highest BCUT2D eigenvalue weighted by Crippen LogP contribution is 2.39. The second kappa shape index (κ2) is 37.8. The fourth-order valence-electron chi connectivity index (χ4n) is 12.1. The molecule has 6 fully saturated rings. The van der Waals surface area contributed by atoms with Crippen molar-refractivity contribution in [2.45, 2.75) is 232 Å². The van der Waals surface area contributed by atoms with Gasteiger partial charge in [0, 0.05) is 74.4 Å². The van der Waals surface area contributed by atoms with E-state index in [0.29, 0.717) is 92.6 Å². The minimum absolute atomic E-state index is 0.0461. The van der Waals surface area contributed by atoms with Gasteiger partial charge in [0.1, 0.15) is 70.1 Å². The minimum atomic E-state index is -0.844. The highest BCUT2D eigenvalue weighted by Gasteiger charge is 2.39. The number of carbonyl (C=O) groups is 9. The summed E-state index contributed by atoms with van der Waals surface area (Å²) in [6.45, 7) is 22.2. The van der Waals surface area contributed by atoms with Crippen LogP contribution in [0.5, 0.6) is 0 Å². The molecule has 572 valence electrons. The third kappa shape index (κ3) is 26.7. The maximum atomic E-state index is 13.3. The SMILES string of the molecule is CSF.Cc1ccn(C(CC2CC2)C(=O)N[C@H](C#N)C[C@@H]2CCNC2=O)c(=O)c1NC(=O)OC(C)(C)C.Cc1ccn([C@@H](CC2CC2)C(=O)N[C@H](C#N)C[C@@H]2CCNC2=O)c(=O)c1NC(=O)OC(C)(C)C.Cc1ccn([C@H](CC2CC2)C(=O)N[C@H](C#N)C[C@@H]2CCNC2=O)c(=O)c1NC(=O)OC(C)(C)C. The zero-order valence-corrected chi connectivity index (χ0v) is 63.0. The van der Waals surface area contributed by atoms with Crippen molar-refractivity contribution < 1.29 is 61.2 Å². The molecule has 0 radical (unpaired) electrons. The molecule has 3 aliphatic heterocycles. The molecule has 3 saturated carbocycles. The summed E-state index contributed by atoms with van der Waals surface area (Å²) in [5.74, 6) is -1.73. The molecule has 9 amide bonds. The fraction of sp³-hybridized carbons (Fsp3) is 0.630. The normalized spacial score (nSPS) is 19.1. The molecule has 0 bridgehead atoms. The molecule has 105 heavy (non-hydrogen) atoms. The van der Waals surface area contributed by atoms with Crippen LogP contribution in [0.1, 0.15) is 193 Å². The predicted octanol–water partition coefficient (Wildman–Crippen LogP) is 8.37. The van der Waals surface area contributed by atoms with Crippen LogP contribution in [0.4, 0.5) is 35.3 Å². The van der Waals surface area contributed by atoms with Gasteiger partial charge in [-0.25, -0.2) is 14.4 Å². The number of nitrogens with zero attached hydrogens (tertiary/aromatic N) is 6. The minimum Gasteiger partial charge on any atom is -0.444 e. The molecular formula is C73H102FN15O15S. The molecule has 3 aliphatic carbocycles. The summed E-state index contributed by atoms with van der Waals surface area (Å²) >= 11 is 0.250. The number of aryl methyl sites for hydroxylation is 3. The van der Waals surface area contributed by atoms with Crippen molar-refractivity contribution in [2.24, 2.45) is 35.5 Å². The molecule has 9 rings (SSSR count). The van der Waals surface area contributed by atoms with Gasteiger partial charge in [0.05, 0.1) is 18.2 Å². The Morgan fingerprint density at radius 2 is 0.686 bits per heavy atom. The Balaban J connectivity index is 0.000000242. The maximum Gasteiger partial charge on any atom is 0.412 e. The Hall–Kier alpha value is -9.77. The van der Waals surface area contributed by atoms with Crippen molar-refractivity contribution in [1.29, 1.82) is 15.8 Å². The highest BCUT2D eigenvalue weighted by atomic mass is 32.2. The Morgan fingerprint density at radius 3 is 0.867 bits per heavy atom. The summed E-state index contributed by atoms with van der Waals surface area (Å²) in [6.07, 6.45) is 13.4. The van der Waals surface area contributed by atoms with Crippen LogP contribution < -0.4 is 64.5 Å². The standard InChI is InChI=1S/3C24H33N5O5.CH3FS/c3*1-14-8-10-29(22(32)19(14)28-23(33)34-24(2,3)4)18(11-15-5-6-15)21(31)27-17(13-25)12-16-7-9-26-20(16)30;1-3-2/h3*8,10,15-18H,5-7,9,11-12H2,1-4H3,(H,26,30)(H,27,31)(H,28,33);1H3/t16-,17-,18?;16-,17-,18+;16-,17-,18-;/m000./s1. The van der Waals surface area contributed by atoms with Crippen LogP contribution in [-0.4, -0.2) is 128 Å². The Bertz CT molecular complexity index is 3580. The first-order chi connectivity index (χ1) is 49.4. The average Bonchev–Trinajstić information content (AvgIpc) is 1.77. The maximum absolute atomic E-state index is 13.3. The van der Waals surface area contributed by atoms with Crippen molar-refractivity contribution in [1.82, 2.24) is 45.6 Å². The number of hydrogen-bond acceptors (Lipinski definition) is 19. The second-order valence-electron chi connectivity index (χ2n) is 30.5. The van der Waals surface area contributed by atoms with Crippen LogP contribution in [0, 0.1) is 90.3 Å². The van der Waals surface area contributed by atoms with Gasteiger partial charge in [-0.2, -0.15) is 19.7 Å². The number of hydrogen-bond donors (Lipinski definition) is 9. The number of halogens is 1. The third-order valence-electron chi connectivity index (χ3n) is 18.0. The zero-order valence-electron chi connectivity index (χ0n) is 62.2. The van der Waals surface area contributed by atoms with Crippen molar-refractivity contribution in [3.63, 3.8) is 0 Å². The molecule has 6 heterocycles. The topological polar surface area (TPSA) is 427 Å². The molecule has 9 atom stereocenters. The number of amides is 9. The van der Waals surface area contributed by atoms with Crippen molar-refractivity contribution >= 4 is 82.9 Å². The lowest BCUT2D eigenvalue weighted by molar-refractivity contribution is -0.126. The summed E-state index contributed by atoms with van der Waals surface area (Å²) in [5, 5.41) is 52.6. The summed E-state index contributed by atoms with van der Waals surface area (Å²) in [5.41, 5.74) is -1.99. The van der Waals surface area contributed by atoms with Crippen molar-refractivity contribution in [3.05, 3.63) is 84.5 Å². The molecule has 1 unspecified atom stereocenters. The Labute approximate surface area is 615 Å². The number of ether oxygens (including phenoxy) is 3. The molecular weight excluding hydrogens is 1380 g/mol. The lowest BCUT2D eigenvalue weighted by atomic mass is 9.98. The predicted molar refractivity (Wildman–Crippen MR) is 389 cm³/mol. The van der Waals surface area contributed by atoms with E-state index in [4.69, 9.17) is 14.2 Å². The van der Waals surface area contributed by atoms with Crippen molar-refractivity contribution in [3.8, 4) is 18.2 Å². The van der Waals surface area contributed by atoms with Gasteiger partial charge in [0.15, 0.2) is 0 Å². The molecule has 32 heteroatoms. The monoisotopic (exact) mass is 1480 g/mol. The van der Waals surface area contributed by atoms with Gasteiger partial charge < -0.3 is 59.8 Å². The van der Waals surface area contributed by atoms with Gasteiger partial charge in [-0.3, -0.25) is 59.1 Å². The van der Waals surface area contributed by atoms with E-state index < -0.39 is 106 Å². The number of rotatable bonds is 24. The average molecular weight is 1480 g/mol. The van der Waals surface area contributed by atoms with E-state index in [1.807, 2.05) is 0 Å². The van der Waals surface area contributed by atoms with Crippen LogP contribution in [0.2, 0.25) is 0 Å². The largest absolute Gasteiger partial charge is 0.444 e. The van der Waals surface area contributed by atoms with E-state index in [1.165, 1.54) is 38.5 Å². The van der Waals surface area contributed by atoms with Gasteiger partial charge in [0.2, 0.25) is 35.4 Å². The number of anilines is 3. The smallest absolute Gasteiger partial charge is 0.412 e. The number of nitrogens with one attached hydrogen (secondary N) is 9. The number of aromatic nitrogens is 3. The van der Waals surface area contributed by atoms with Crippen LogP contribution in [0.3, 0.4) is 0 Å². The van der Waals surface area contributed by atoms with Crippen LogP contribution in [0.15, 0.2) is 51.2 Å².